The number of hydrogen-bond acceptors (Lipinski definition) is 3. The molecule has 1 fully saturated rings. The number of carbonyl (C=O) groups excluding carboxylic acids is 1. The summed E-state index contributed by atoms with van der Waals surface area (Å²) < 4.78 is 0. The number of aromatic amines is 2. The Labute approximate surface area is 199 Å². The van der Waals surface area contributed by atoms with E-state index < -0.39 is 5.41 Å². The van der Waals surface area contributed by atoms with Crippen LogP contribution >= 0.6 is 0 Å². The van der Waals surface area contributed by atoms with Gasteiger partial charge in [-0.05, 0) is 74.9 Å². The number of carbonyl (C=O) groups is 1. The van der Waals surface area contributed by atoms with Crippen LogP contribution in [0.2, 0.25) is 0 Å². The zero-order chi connectivity index (χ0) is 23.4. The van der Waals surface area contributed by atoms with Crippen molar-refractivity contribution in [3.63, 3.8) is 0 Å². The van der Waals surface area contributed by atoms with Gasteiger partial charge >= 0.3 is 0 Å². The summed E-state index contributed by atoms with van der Waals surface area (Å²) >= 11 is 0. The molecule has 6 rings (SSSR count). The molecule has 0 bridgehead atoms. The highest BCUT2D eigenvalue weighted by Crippen LogP contribution is 2.43. The smallest absolute Gasteiger partial charge is 0.237 e. The van der Waals surface area contributed by atoms with Crippen molar-refractivity contribution in [3.8, 4) is 11.5 Å². The van der Waals surface area contributed by atoms with Crippen LogP contribution in [0.4, 0.5) is 5.69 Å². The van der Waals surface area contributed by atoms with Crippen molar-refractivity contribution in [2.24, 2.45) is 5.92 Å². The minimum absolute atomic E-state index is 0.143. The summed E-state index contributed by atoms with van der Waals surface area (Å²) in [5, 5.41) is 8.84. The van der Waals surface area contributed by atoms with Gasteiger partial charge in [0.15, 0.2) is 5.82 Å². The second-order valence-electron chi connectivity index (χ2n) is 10.3. The zero-order valence-corrected chi connectivity index (χ0v) is 20.1. The highest BCUT2D eigenvalue weighted by Gasteiger charge is 2.43. The Balaban J connectivity index is 1.35. The summed E-state index contributed by atoms with van der Waals surface area (Å²) in [4.78, 5) is 23.0. The molecule has 0 unspecified atom stereocenters. The first-order valence-corrected chi connectivity index (χ1v) is 12.5. The number of nitrogens with zero attached hydrogens (tertiary/aromatic N) is 3. The van der Waals surface area contributed by atoms with E-state index in [4.69, 9.17) is 4.98 Å². The minimum Gasteiger partial charge on any atom is -0.337 e. The molecule has 34 heavy (non-hydrogen) atoms. The van der Waals surface area contributed by atoms with Crippen LogP contribution in [0, 0.1) is 5.92 Å². The normalized spacial score (nSPS) is 18.6. The Kier molecular flexibility index (Phi) is 4.87. The van der Waals surface area contributed by atoms with E-state index in [0.29, 0.717) is 12.5 Å². The van der Waals surface area contributed by atoms with E-state index in [2.05, 4.69) is 51.6 Å². The summed E-state index contributed by atoms with van der Waals surface area (Å²) in [7, 11) is 0. The molecular weight excluding hydrogens is 422 g/mol. The van der Waals surface area contributed by atoms with Gasteiger partial charge in [0.25, 0.3) is 0 Å². The third kappa shape index (κ3) is 3.27. The van der Waals surface area contributed by atoms with Gasteiger partial charge in [0, 0.05) is 11.9 Å². The molecule has 1 aliphatic carbocycles. The van der Waals surface area contributed by atoms with E-state index in [1.807, 2.05) is 31.7 Å². The first-order chi connectivity index (χ1) is 16.5. The lowest BCUT2D eigenvalue weighted by Crippen LogP contribution is -2.35. The van der Waals surface area contributed by atoms with Gasteiger partial charge in [0.2, 0.25) is 5.91 Å². The predicted octanol–water partition coefficient (Wildman–Crippen LogP) is 6.34. The van der Waals surface area contributed by atoms with Crippen molar-refractivity contribution in [1.29, 1.82) is 0 Å². The van der Waals surface area contributed by atoms with Gasteiger partial charge in [-0.15, -0.1) is 0 Å². The van der Waals surface area contributed by atoms with Gasteiger partial charge in [-0.1, -0.05) is 37.5 Å². The van der Waals surface area contributed by atoms with Crippen LogP contribution in [0.1, 0.15) is 64.0 Å². The van der Waals surface area contributed by atoms with Crippen LogP contribution in [0.15, 0.2) is 36.4 Å². The number of fused-ring (bicyclic) bond motifs is 3. The lowest BCUT2D eigenvalue weighted by molar-refractivity contribution is -0.122. The first kappa shape index (κ1) is 21.1. The van der Waals surface area contributed by atoms with Crippen molar-refractivity contribution in [3.05, 3.63) is 47.5 Å². The summed E-state index contributed by atoms with van der Waals surface area (Å²) in [5.41, 5.74) is 6.26. The van der Waals surface area contributed by atoms with E-state index >= 15 is 0 Å². The number of benzene rings is 2. The van der Waals surface area contributed by atoms with Crippen LogP contribution in [-0.4, -0.2) is 32.6 Å². The number of anilines is 1. The van der Waals surface area contributed by atoms with Gasteiger partial charge in [0.1, 0.15) is 5.69 Å². The van der Waals surface area contributed by atoms with Crippen molar-refractivity contribution in [2.45, 2.75) is 58.3 Å². The number of hydrogen-bond donors (Lipinski definition) is 2. The fourth-order valence-electron chi connectivity index (χ4n) is 5.65. The number of aromatic nitrogens is 4. The Morgan fingerprint density at radius 2 is 1.94 bits per heavy atom. The first-order valence-electron chi connectivity index (χ1n) is 12.5. The number of rotatable bonds is 4. The number of likely N-dealkylation sites (N-methyl/N-ethyl adjacent to an activating group) is 1. The highest BCUT2D eigenvalue weighted by atomic mass is 16.2. The topological polar surface area (TPSA) is 77.7 Å². The molecule has 6 nitrogen and oxygen atoms in total. The van der Waals surface area contributed by atoms with Gasteiger partial charge in [-0.2, -0.15) is 5.10 Å². The molecule has 3 heterocycles. The summed E-state index contributed by atoms with van der Waals surface area (Å²) in [6.45, 7) is 6.65. The van der Waals surface area contributed by atoms with Crippen molar-refractivity contribution in [1.82, 2.24) is 20.2 Å². The fourth-order valence-corrected chi connectivity index (χ4v) is 5.65. The van der Waals surface area contributed by atoms with Crippen LogP contribution < -0.4 is 4.90 Å². The average Bonchev–Trinajstić information content (AvgIpc) is 3.50. The molecule has 4 aromatic rings. The van der Waals surface area contributed by atoms with Crippen LogP contribution in [0.3, 0.4) is 0 Å². The third-order valence-corrected chi connectivity index (χ3v) is 7.68. The SMILES string of the molecule is CCN1C(=O)C(C)(C)c2cc3[nH]c(-c4n[nH]c5cc(C=CC6CCCCC6)ccc45)nc3cc21. The molecule has 1 amide bonds. The number of allylic oxidation sites excluding steroid dienone is 1. The molecule has 2 N–H and O–H groups in total. The molecule has 1 saturated carbocycles. The van der Waals surface area contributed by atoms with E-state index in [1.165, 1.54) is 37.7 Å². The molecule has 0 saturated heterocycles. The molecular formula is C28H31N5O. The Morgan fingerprint density at radius 3 is 2.74 bits per heavy atom. The Bertz CT molecular complexity index is 1430. The molecule has 2 aromatic heterocycles. The molecule has 0 spiro atoms. The van der Waals surface area contributed by atoms with Crippen molar-refractivity contribution in [2.75, 3.05) is 11.4 Å². The highest BCUT2D eigenvalue weighted by molar-refractivity contribution is 6.09. The zero-order valence-electron chi connectivity index (χ0n) is 20.1. The maximum absolute atomic E-state index is 12.9. The number of amides is 1. The van der Waals surface area contributed by atoms with E-state index in [1.54, 1.807) is 0 Å². The Hall–Kier alpha value is -3.41. The summed E-state index contributed by atoms with van der Waals surface area (Å²) in [6, 6.07) is 10.6. The number of H-pyrrole nitrogens is 2. The molecule has 0 atom stereocenters. The molecule has 2 aliphatic rings. The molecule has 2 aromatic carbocycles. The maximum Gasteiger partial charge on any atom is 0.237 e. The standard InChI is InChI=1S/C28H31N5O/c1-4-33-24-16-23-22(15-20(24)28(2,3)27(33)34)29-26(30-23)25-19-13-12-18(14-21(19)31-32-25)11-10-17-8-6-5-7-9-17/h10-17H,4-9H2,1-3H3,(H,29,30)(H,31,32). The monoisotopic (exact) mass is 453 g/mol. The second-order valence-corrected chi connectivity index (χ2v) is 10.3. The lowest BCUT2D eigenvalue weighted by Gasteiger charge is -2.18. The van der Waals surface area contributed by atoms with Gasteiger partial charge in [-0.25, -0.2) is 4.98 Å². The van der Waals surface area contributed by atoms with Crippen LogP contribution in [0.5, 0.6) is 0 Å². The second kappa shape index (κ2) is 7.83. The Morgan fingerprint density at radius 1 is 1.12 bits per heavy atom. The molecule has 6 heteroatoms. The third-order valence-electron chi connectivity index (χ3n) is 7.68. The van der Waals surface area contributed by atoms with Gasteiger partial charge < -0.3 is 9.88 Å². The molecule has 0 radical (unpaired) electrons. The van der Waals surface area contributed by atoms with E-state index in [0.717, 1.165) is 44.7 Å². The predicted molar refractivity (Wildman–Crippen MR) is 138 cm³/mol. The number of imidazole rings is 1. The fraction of sp³-hybridized carbons (Fsp3) is 0.393. The maximum atomic E-state index is 12.9. The summed E-state index contributed by atoms with van der Waals surface area (Å²) in [5.74, 6) is 1.59. The van der Waals surface area contributed by atoms with Crippen LogP contribution in [-0.2, 0) is 10.2 Å². The van der Waals surface area contributed by atoms with Crippen LogP contribution in [0.25, 0.3) is 39.5 Å². The quantitative estimate of drug-likeness (QED) is 0.378. The van der Waals surface area contributed by atoms with Gasteiger partial charge in [-0.3, -0.25) is 9.89 Å². The van der Waals surface area contributed by atoms with Crippen molar-refractivity contribution < 1.29 is 4.79 Å². The average molecular weight is 454 g/mol. The van der Waals surface area contributed by atoms with Gasteiger partial charge in [0.05, 0.1) is 27.7 Å². The van der Waals surface area contributed by atoms with Crippen molar-refractivity contribution >= 4 is 39.6 Å². The number of nitrogens with one attached hydrogen (secondary N) is 2. The van der Waals surface area contributed by atoms with E-state index in [9.17, 15) is 4.79 Å². The largest absolute Gasteiger partial charge is 0.337 e. The molecule has 1 aliphatic heterocycles. The lowest BCUT2D eigenvalue weighted by atomic mass is 9.86. The minimum atomic E-state index is -0.536. The van der Waals surface area contributed by atoms with E-state index in [-0.39, 0.29) is 5.91 Å². The molecule has 174 valence electrons. The summed E-state index contributed by atoms with van der Waals surface area (Å²) in [6.07, 6.45) is 11.3.